The second-order valence-electron chi connectivity index (χ2n) is 6.13. The average Bonchev–Trinajstić information content (AvgIpc) is 2.79. The van der Waals surface area contributed by atoms with Crippen LogP contribution in [0.3, 0.4) is 0 Å². The zero-order chi connectivity index (χ0) is 15.7. The predicted octanol–water partition coefficient (Wildman–Crippen LogP) is 3.91. The van der Waals surface area contributed by atoms with Gasteiger partial charge >= 0.3 is 0 Å². The minimum atomic E-state index is -0.478. The number of imide groups is 1. The van der Waals surface area contributed by atoms with Crippen LogP contribution in [0.1, 0.15) is 38.7 Å². The lowest BCUT2D eigenvalue weighted by molar-refractivity contribution is -0.142. The van der Waals surface area contributed by atoms with Gasteiger partial charge in [0.2, 0.25) is 11.8 Å². The van der Waals surface area contributed by atoms with Gasteiger partial charge in [-0.25, -0.2) is 0 Å². The minimum absolute atomic E-state index is 0.00402. The molecule has 114 valence electrons. The van der Waals surface area contributed by atoms with Gasteiger partial charge in [-0.3, -0.25) is 14.5 Å². The maximum absolute atomic E-state index is 12.7. The summed E-state index contributed by atoms with van der Waals surface area (Å²) in [6, 6.07) is 14.2. The van der Waals surface area contributed by atoms with E-state index in [1.54, 1.807) is 0 Å². The third-order valence-electron chi connectivity index (χ3n) is 5.00. The van der Waals surface area contributed by atoms with Crippen molar-refractivity contribution in [2.45, 2.75) is 39.7 Å². The van der Waals surface area contributed by atoms with E-state index in [1.165, 1.54) is 10.3 Å². The summed E-state index contributed by atoms with van der Waals surface area (Å²) in [7, 11) is 0. The van der Waals surface area contributed by atoms with Crippen LogP contribution in [-0.2, 0) is 16.1 Å². The highest BCUT2D eigenvalue weighted by atomic mass is 16.2. The number of hydrogen-bond donors (Lipinski definition) is 0. The highest BCUT2D eigenvalue weighted by Gasteiger charge is 2.48. The summed E-state index contributed by atoms with van der Waals surface area (Å²) in [6.45, 7) is 4.37. The topological polar surface area (TPSA) is 37.4 Å². The van der Waals surface area contributed by atoms with Gasteiger partial charge < -0.3 is 0 Å². The van der Waals surface area contributed by atoms with Gasteiger partial charge in [0.05, 0.1) is 12.0 Å². The van der Waals surface area contributed by atoms with Crippen LogP contribution in [0.25, 0.3) is 10.8 Å². The number of amides is 2. The summed E-state index contributed by atoms with van der Waals surface area (Å²) in [6.07, 6.45) is 1.80. The first kappa shape index (κ1) is 14.8. The van der Waals surface area contributed by atoms with Crippen LogP contribution < -0.4 is 0 Å². The Morgan fingerprint density at radius 1 is 1.00 bits per heavy atom. The molecule has 1 heterocycles. The molecule has 0 aliphatic carbocycles. The van der Waals surface area contributed by atoms with Gasteiger partial charge in [-0.05, 0) is 35.2 Å². The van der Waals surface area contributed by atoms with Crippen LogP contribution >= 0.6 is 0 Å². The Morgan fingerprint density at radius 2 is 1.68 bits per heavy atom. The first-order valence-corrected chi connectivity index (χ1v) is 7.92. The van der Waals surface area contributed by atoms with Crippen molar-refractivity contribution in [1.82, 2.24) is 4.90 Å². The molecule has 0 saturated carbocycles. The fourth-order valence-corrected chi connectivity index (χ4v) is 3.34. The molecule has 2 aromatic carbocycles. The van der Waals surface area contributed by atoms with Crippen molar-refractivity contribution in [2.24, 2.45) is 5.41 Å². The largest absolute Gasteiger partial charge is 0.278 e. The van der Waals surface area contributed by atoms with E-state index in [0.29, 0.717) is 13.0 Å². The summed E-state index contributed by atoms with van der Waals surface area (Å²) in [4.78, 5) is 26.4. The van der Waals surface area contributed by atoms with E-state index in [-0.39, 0.29) is 11.8 Å². The standard InChI is InChI=1S/C19H21NO2/c1-3-19(4-2)12-17(21)20(18(19)22)13-14-9-10-15-7-5-6-8-16(15)11-14/h5-11H,3-4,12-13H2,1-2H3. The van der Waals surface area contributed by atoms with Crippen molar-refractivity contribution >= 4 is 22.6 Å². The van der Waals surface area contributed by atoms with Gasteiger partial charge in [0, 0.05) is 6.42 Å². The summed E-state index contributed by atoms with van der Waals surface area (Å²) in [5.41, 5.74) is 0.525. The van der Waals surface area contributed by atoms with E-state index in [9.17, 15) is 9.59 Å². The van der Waals surface area contributed by atoms with Crippen LogP contribution in [0.5, 0.6) is 0 Å². The molecule has 0 aromatic heterocycles. The Balaban J connectivity index is 1.88. The molecule has 0 unspecified atom stereocenters. The molecule has 1 aliphatic heterocycles. The molecule has 22 heavy (non-hydrogen) atoms. The lowest BCUT2D eigenvalue weighted by Crippen LogP contribution is -2.34. The number of carbonyl (C=O) groups is 2. The first-order chi connectivity index (χ1) is 10.6. The minimum Gasteiger partial charge on any atom is -0.278 e. The number of likely N-dealkylation sites (tertiary alicyclic amines) is 1. The maximum Gasteiger partial charge on any atom is 0.236 e. The van der Waals surface area contributed by atoms with Crippen LogP contribution in [-0.4, -0.2) is 16.7 Å². The van der Waals surface area contributed by atoms with Gasteiger partial charge in [-0.2, -0.15) is 0 Å². The van der Waals surface area contributed by atoms with Gasteiger partial charge in [-0.1, -0.05) is 50.2 Å². The second kappa shape index (κ2) is 5.56. The lowest BCUT2D eigenvalue weighted by Gasteiger charge is -2.23. The zero-order valence-electron chi connectivity index (χ0n) is 13.1. The lowest BCUT2D eigenvalue weighted by atomic mass is 9.81. The Kier molecular flexibility index (Phi) is 3.73. The average molecular weight is 295 g/mol. The van der Waals surface area contributed by atoms with Crippen molar-refractivity contribution in [1.29, 1.82) is 0 Å². The maximum atomic E-state index is 12.7. The molecule has 0 bridgehead atoms. The fourth-order valence-electron chi connectivity index (χ4n) is 3.34. The quantitative estimate of drug-likeness (QED) is 0.802. The van der Waals surface area contributed by atoms with Crippen molar-refractivity contribution in [3.63, 3.8) is 0 Å². The molecular formula is C19H21NO2. The second-order valence-corrected chi connectivity index (χ2v) is 6.13. The molecule has 2 amide bonds. The molecule has 3 rings (SSSR count). The van der Waals surface area contributed by atoms with Gasteiger partial charge in [0.25, 0.3) is 0 Å². The van der Waals surface area contributed by atoms with Gasteiger partial charge in [-0.15, -0.1) is 0 Å². The molecule has 1 saturated heterocycles. The van der Waals surface area contributed by atoms with Gasteiger partial charge in [0.1, 0.15) is 0 Å². The molecule has 3 nitrogen and oxygen atoms in total. The normalized spacial score (nSPS) is 17.5. The van der Waals surface area contributed by atoms with Crippen molar-refractivity contribution in [3.8, 4) is 0 Å². The smallest absolute Gasteiger partial charge is 0.236 e. The highest BCUT2D eigenvalue weighted by molar-refractivity contribution is 6.05. The number of nitrogens with zero attached hydrogens (tertiary/aromatic N) is 1. The molecule has 0 N–H and O–H groups in total. The predicted molar refractivity (Wildman–Crippen MR) is 87.1 cm³/mol. The number of carbonyl (C=O) groups excluding carboxylic acids is 2. The van der Waals surface area contributed by atoms with Crippen molar-refractivity contribution in [3.05, 3.63) is 48.0 Å². The fraction of sp³-hybridized carbons (Fsp3) is 0.368. The van der Waals surface area contributed by atoms with Gasteiger partial charge in [0.15, 0.2) is 0 Å². The third kappa shape index (κ3) is 2.31. The van der Waals surface area contributed by atoms with E-state index in [1.807, 2.05) is 38.1 Å². The molecule has 0 radical (unpaired) electrons. The van der Waals surface area contributed by atoms with E-state index in [4.69, 9.17) is 0 Å². The Labute approximate surface area is 130 Å². The number of rotatable bonds is 4. The van der Waals surface area contributed by atoms with Crippen LogP contribution in [0.15, 0.2) is 42.5 Å². The Morgan fingerprint density at radius 3 is 2.32 bits per heavy atom. The SMILES string of the molecule is CCC1(CC)CC(=O)N(Cc2ccc3ccccc3c2)C1=O. The third-order valence-corrected chi connectivity index (χ3v) is 5.00. The van der Waals surface area contributed by atoms with Crippen molar-refractivity contribution < 1.29 is 9.59 Å². The van der Waals surface area contributed by atoms with E-state index in [2.05, 4.69) is 18.2 Å². The van der Waals surface area contributed by atoms with E-state index in [0.717, 1.165) is 23.8 Å². The summed E-state index contributed by atoms with van der Waals surface area (Å²) in [5.74, 6) is -0.0440. The van der Waals surface area contributed by atoms with E-state index >= 15 is 0 Å². The molecule has 1 aliphatic rings. The van der Waals surface area contributed by atoms with Crippen LogP contribution in [0.4, 0.5) is 0 Å². The summed E-state index contributed by atoms with van der Waals surface area (Å²) in [5, 5.41) is 2.30. The Hall–Kier alpha value is -2.16. The van der Waals surface area contributed by atoms with E-state index < -0.39 is 5.41 Å². The monoisotopic (exact) mass is 295 g/mol. The molecule has 0 atom stereocenters. The number of hydrogen-bond acceptors (Lipinski definition) is 2. The van der Waals surface area contributed by atoms with Crippen molar-refractivity contribution in [2.75, 3.05) is 0 Å². The summed E-state index contributed by atoms with van der Waals surface area (Å²) < 4.78 is 0. The summed E-state index contributed by atoms with van der Waals surface area (Å²) >= 11 is 0. The molecule has 2 aromatic rings. The molecule has 3 heteroatoms. The number of benzene rings is 2. The first-order valence-electron chi connectivity index (χ1n) is 7.92. The molecule has 0 spiro atoms. The molecule has 1 fully saturated rings. The number of fused-ring (bicyclic) bond motifs is 1. The van der Waals surface area contributed by atoms with Crippen LogP contribution in [0, 0.1) is 5.41 Å². The Bertz CT molecular complexity index is 731. The zero-order valence-corrected chi connectivity index (χ0v) is 13.1. The van der Waals surface area contributed by atoms with Crippen LogP contribution in [0.2, 0.25) is 0 Å². The molecular weight excluding hydrogens is 274 g/mol. The highest BCUT2D eigenvalue weighted by Crippen LogP contribution is 2.39.